The number of nitrogens with one attached hydrogen (secondary N) is 1. The van der Waals surface area contributed by atoms with Crippen molar-refractivity contribution in [2.24, 2.45) is 0 Å². The Kier molecular flexibility index (Phi) is 3.59. The predicted molar refractivity (Wildman–Crippen MR) is 67.7 cm³/mol. The van der Waals surface area contributed by atoms with Crippen LogP contribution in [0.1, 0.15) is 35.5 Å². The van der Waals surface area contributed by atoms with E-state index in [0.717, 1.165) is 5.82 Å². The van der Waals surface area contributed by atoms with Crippen molar-refractivity contribution in [1.82, 2.24) is 9.97 Å². The Morgan fingerprint density at radius 1 is 1.24 bits per heavy atom. The third kappa shape index (κ3) is 3.17. The van der Waals surface area contributed by atoms with Crippen LogP contribution in [0.25, 0.3) is 0 Å². The highest BCUT2D eigenvalue weighted by molar-refractivity contribution is 5.29. The Balaban J connectivity index is 2.01. The van der Waals surface area contributed by atoms with Gasteiger partial charge >= 0.3 is 0 Å². The number of aryl methyl sites for hydroxylation is 2. The van der Waals surface area contributed by atoms with Crippen molar-refractivity contribution in [2.45, 2.75) is 33.5 Å². The zero-order valence-corrected chi connectivity index (χ0v) is 10.5. The Hall–Kier alpha value is -1.61. The first kappa shape index (κ1) is 11.9. The maximum atomic E-state index is 5.79. The van der Waals surface area contributed by atoms with E-state index in [0.29, 0.717) is 6.61 Å². The van der Waals surface area contributed by atoms with Crippen LogP contribution in [0.2, 0.25) is 0 Å². The van der Waals surface area contributed by atoms with E-state index in [2.05, 4.69) is 48.9 Å². The minimum absolute atomic E-state index is 0.0821. The molecule has 3 heteroatoms. The lowest BCUT2D eigenvalue weighted by molar-refractivity contribution is 0.0486. The van der Waals surface area contributed by atoms with Gasteiger partial charge in [-0.05, 0) is 26.3 Å². The molecule has 0 saturated carbocycles. The van der Waals surface area contributed by atoms with E-state index in [9.17, 15) is 0 Å². The van der Waals surface area contributed by atoms with Crippen LogP contribution >= 0.6 is 0 Å². The van der Waals surface area contributed by atoms with Gasteiger partial charge in [0.05, 0.1) is 6.10 Å². The minimum atomic E-state index is 0.0821. The molecule has 17 heavy (non-hydrogen) atoms. The zero-order valence-electron chi connectivity index (χ0n) is 10.5. The first-order valence-corrected chi connectivity index (χ1v) is 5.83. The summed E-state index contributed by atoms with van der Waals surface area (Å²) in [5, 5.41) is 0. The topological polar surface area (TPSA) is 37.9 Å². The molecule has 0 radical (unpaired) electrons. The smallest absolute Gasteiger partial charge is 0.132 e. The average Bonchev–Trinajstić information content (AvgIpc) is 2.77. The summed E-state index contributed by atoms with van der Waals surface area (Å²) in [6, 6.07) is 6.50. The Labute approximate surface area is 102 Å². The van der Waals surface area contributed by atoms with Gasteiger partial charge in [0.15, 0.2) is 0 Å². The molecule has 0 amide bonds. The summed E-state index contributed by atoms with van der Waals surface area (Å²) in [5.41, 5.74) is 3.76. The zero-order chi connectivity index (χ0) is 12.3. The van der Waals surface area contributed by atoms with Crippen molar-refractivity contribution >= 4 is 0 Å². The van der Waals surface area contributed by atoms with E-state index in [1.54, 1.807) is 12.4 Å². The van der Waals surface area contributed by atoms with Gasteiger partial charge in [0, 0.05) is 12.4 Å². The van der Waals surface area contributed by atoms with Crippen LogP contribution in [-0.4, -0.2) is 9.97 Å². The maximum Gasteiger partial charge on any atom is 0.132 e. The molecule has 1 unspecified atom stereocenters. The molecule has 1 N–H and O–H groups in total. The molecule has 0 aliphatic rings. The standard InChI is InChI=1S/C14H18N2O/c1-10-6-11(2)8-13(7-10)12(3)17-9-14-15-4-5-16-14/h4-8,12H,9H2,1-3H3,(H,15,16). The van der Waals surface area contributed by atoms with E-state index < -0.39 is 0 Å². The highest BCUT2D eigenvalue weighted by atomic mass is 16.5. The molecule has 0 aliphatic heterocycles. The van der Waals surface area contributed by atoms with Crippen LogP contribution in [0.5, 0.6) is 0 Å². The van der Waals surface area contributed by atoms with Crippen molar-refractivity contribution in [2.75, 3.05) is 0 Å². The van der Waals surface area contributed by atoms with Crippen LogP contribution in [0.15, 0.2) is 30.6 Å². The van der Waals surface area contributed by atoms with E-state index >= 15 is 0 Å². The van der Waals surface area contributed by atoms with Gasteiger partial charge < -0.3 is 9.72 Å². The number of H-pyrrole nitrogens is 1. The van der Waals surface area contributed by atoms with Crippen LogP contribution in [0.3, 0.4) is 0 Å². The molecule has 2 rings (SSSR count). The van der Waals surface area contributed by atoms with Gasteiger partial charge in [0.1, 0.15) is 12.4 Å². The number of aromatic nitrogens is 2. The molecule has 1 atom stereocenters. The first-order valence-electron chi connectivity index (χ1n) is 5.83. The van der Waals surface area contributed by atoms with Crippen molar-refractivity contribution < 1.29 is 4.74 Å². The second kappa shape index (κ2) is 5.15. The lowest BCUT2D eigenvalue weighted by atomic mass is 10.0. The Bertz CT molecular complexity index is 457. The molecule has 0 fully saturated rings. The van der Waals surface area contributed by atoms with E-state index in [1.165, 1.54) is 16.7 Å². The van der Waals surface area contributed by atoms with E-state index in [4.69, 9.17) is 4.74 Å². The SMILES string of the molecule is Cc1cc(C)cc(C(C)OCc2ncc[nH]2)c1. The van der Waals surface area contributed by atoms with Gasteiger partial charge in [-0.2, -0.15) is 0 Å². The van der Waals surface area contributed by atoms with Crippen LogP contribution < -0.4 is 0 Å². The minimum Gasteiger partial charge on any atom is -0.366 e. The Morgan fingerprint density at radius 2 is 1.94 bits per heavy atom. The van der Waals surface area contributed by atoms with Crippen LogP contribution in [0, 0.1) is 13.8 Å². The molecule has 3 nitrogen and oxygen atoms in total. The fourth-order valence-corrected chi connectivity index (χ4v) is 1.92. The second-order valence-electron chi connectivity index (χ2n) is 4.41. The third-order valence-corrected chi connectivity index (χ3v) is 2.74. The largest absolute Gasteiger partial charge is 0.366 e. The number of hydrogen-bond donors (Lipinski definition) is 1. The fraction of sp³-hybridized carbons (Fsp3) is 0.357. The number of aromatic amines is 1. The predicted octanol–water partition coefficient (Wildman–Crippen LogP) is 3.30. The summed E-state index contributed by atoms with van der Waals surface area (Å²) in [6.45, 7) is 6.80. The molecule has 90 valence electrons. The molecule has 0 bridgehead atoms. The van der Waals surface area contributed by atoms with Crippen molar-refractivity contribution in [3.63, 3.8) is 0 Å². The summed E-state index contributed by atoms with van der Waals surface area (Å²) in [4.78, 5) is 7.17. The summed E-state index contributed by atoms with van der Waals surface area (Å²) in [7, 11) is 0. The highest BCUT2D eigenvalue weighted by Crippen LogP contribution is 2.20. The monoisotopic (exact) mass is 230 g/mol. The van der Waals surface area contributed by atoms with E-state index in [-0.39, 0.29) is 6.10 Å². The summed E-state index contributed by atoms with van der Waals surface area (Å²) in [5.74, 6) is 0.862. The number of benzene rings is 1. The van der Waals surface area contributed by atoms with Crippen LogP contribution in [-0.2, 0) is 11.3 Å². The molecular formula is C14H18N2O. The summed E-state index contributed by atoms with van der Waals surface area (Å²) >= 11 is 0. The van der Waals surface area contributed by atoms with Gasteiger partial charge in [0.25, 0.3) is 0 Å². The van der Waals surface area contributed by atoms with Gasteiger partial charge in [-0.25, -0.2) is 4.98 Å². The summed E-state index contributed by atoms with van der Waals surface area (Å²) in [6.07, 6.45) is 3.62. The molecule has 1 aromatic heterocycles. The fourth-order valence-electron chi connectivity index (χ4n) is 1.92. The molecule has 0 saturated heterocycles. The number of hydrogen-bond acceptors (Lipinski definition) is 2. The van der Waals surface area contributed by atoms with Crippen molar-refractivity contribution in [3.05, 3.63) is 53.1 Å². The van der Waals surface area contributed by atoms with Gasteiger partial charge in [-0.1, -0.05) is 29.3 Å². The van der Waals surface area contributed by atoms with Gasteiger partial charge in [-0.15, -0.1) is 0 Å². The first-order chi connectivity index (χ1) is 8.15. The number of ether oxygens (including phenoxy) is 1. The lowest BCUT2D eigenvalue weighted by Crippen LogP contribution is -2.02. The molecule has 1 aromatic carbocycles. The Morgan fingerprint density at radius 3 is 2.53 bits per heavy atom. The van der Waals surface area contributed by atoms with Crippen molar-refractivity contribution in [3.8, 4) is 0 Å². The maximum absolute atomic E-state index is 5.79. The van der Waals surface area contributed by atoms with Crippen molar-refractivity contribution in [1.29, 1.82) is 0 Å². The lowest BCUT2D eigenvalue weighted by Gasteiger charge is -2.14. The number of nitrogens with zero attached hydrogens (tertiary/aromatic N) is 1. The van der Waals surface area contributed by atoms with Gasteiger partial charge in [0.2, 0.25) is 0 Å². The number of rotatable bonds is 4. The average molecular weight is 230 g/mol. The van der Waals surface area contributed by atoms with Crippen LogP contribution in [0.4, 0.5) is 0 Å². The third-order valence-electron chi connectivity index (χ3n) is 2.74. The summed E-state index contributed by atoms with van der Waals surface area (Å²) < 4.78 is 5.79. The molecule has 1 heterocycles. The van der Waals surface area contributed by atoms with Gasteiger partial charge in [-0.3, -0.25) is 0 Å². The van der Waals surface area contributed by atoms with E-state index in [1.807, 2.05) is 0 Å². The molecule has 0 aliphatic carbocycles. The highest BCUT2D eigenvalue weighted by Gasteiger charge is 2.07. The second-order valence-corrected chi connectivity index (χ2v) is 4.41. The number of imidazole rings is 1. The molecular weight excluding hydrogens is 212 g/mol. The normalized spacial score (nSPS) is 12.6. The quantitative estimate of drug-likeness (QED) is 0.875. The molecule has 0 spiro atoms. The molecule has 2 aromatic rings.